The number of hydrogen-bond acceptors (Lipinski definition) is 3. The molecule has 6 nitrogen and oxygen atoms in total. The molecule has 0 spiro atoms. The molecule has 2 amide bonds. The Bertz CT molecular complexity index is 671. The molecule has 2 unspecified atom stereocenters. The normalized spacial score (nSPS) is 20.2. The lowest BCUT2D eigenvalue weighted by atomic mass is 9.87. The van der Waals surface area contributed by atoms with Crippen LogP contribution < -0.4 is 10.6 Å². The third-order valence-corrected chi connectivity index (χ3v) is 4.66. The van der Waals surface area contributed by atoms with Gasteiger partial charge >= 0.3 is 6.03 Å². The molecule has 3 rings (SSSR count). The monoisotopic (exact) mass is 342 g/mol. The number of aliphatic hydroxyl groups excluding tert-OH is 1. The zero-order valence-corrected chi connectivity index (χ0v) is 14.4. The third-order valence-electron chi connectivity index (χ3n) is 4.66. The maximum Gasteiger partial charge on any atom is 0.314 e. The zero-order valence-electron chi connectivity index (χ0n) is 14.4. The summed E-state index contributed by atoms with van der Waals surface area (Å²) in [5.74, 6) is 0.388. The fourth-order valence-corrected chi connectivity index (χ4v) is 3.28. The summed E-state index contributed by atoms with van der Waals surface area (Å²) in [4.78, 5) is 11.9. The van der Waals surface area contributed by atoms with E-state index in [2.05, 4.69) is 15.7 Å². The van der Waals surface area contributed by atoms with E-state index >= 15 is 0 Å². The molecule has 1 saturated carbocycles. The topological polar surface area (TPSA) is 79.2 Å². The van der Waals surface area contributed by atoms with Crippen molar-refractivity contribution in [3.05, 3.63) is 48.3 Å². The first-order valence-corrected chi connectivity index (χ1v) is 8.99. The minimum absolute atomic E-state index is 0.143. The first-order chi connectivity index (χ1) is 12.2. The van der Waals surface area contributed by atoms with Gasteiger partial charge in [0, 0.05) is 19.3 Å². The van der Waals surface area contributed by atoms with E-state index in [0.717, 1.165) is 43.4 Å². The number of benzene rings is 1. The fourth-order valence-electron chi connectivity index (χ4n) is 3.28. The van der Waals surface area contributed by atoms with Gasteiger partial charge in [0.1, 0.15) is 0 Å². The molecule has 25 heavy (non-hydrogen) atoms. The summed E-state index contributed by atoms with van der Waals surface area (Å²) < 4.78 is 1.84. The summed E-state index contributed by atoms with van der Waals surface area (Å²) in [6, 6.07) is 9.80. The first kappa shape index (κ1) is 17.5. The standard InChI is InChI=1S/C19H26N4O2/c24-18-8-4-5-15(11-18)12-21-19(25)20-10-9-16-13-22-23(14-16)17-6-2-1-3-7-17/h1-3,6-7,13-15,18,24H,4-5,8-12H2,(H2,20,21,25). The number of carbonyl (C=O) groups is 1. The van der Waals surface area contributed by atoms with E-state index in [1.807, 2.05) is 47.4 Å². The van der Waals surface area contributed by atoms with E-state index in [1.54, 1.807) is 0 Å². The van der Waals surface area contributed by atoms with E-state index in [4.69, 9.17) is 0 Å². The highest BCUT2D eigenvalue weighted by Gasteiger charge is 2.20. The average Bonchev–Trinajstić information content (AvgIpc) is 3.10. The second-order valence-electron chi connectivity index (χ2n) is 6.70. The first-order valence-electron chi connectivity index (χ1n) is 8.99. The second kappa shape index (κ2) is 8.67. The van der Waals surface area contributed by atoms with Crippen LogP contribution in [-0.4, -0.2) is 40.1 Å². The van der Waals surface area contributed by atoms with Crippen LogP contribution in [0.15, 0.2) is 42.7 Å². The van der Waals surface area contributed by atoms with Gasteiger partial charge in [-0.3, -0.25) is 0 Å². The van der Waals surface area contributed by atoms with E-state index < -0.39 is 0 Å². The lowest BCUT2D eigenvalue weighted by molar-refractivity contribution is 0.101. The van der Waals surface area contributed by atoms with Gasteiger partial charge in [-0.1, -0.05) is 24.6 Å². The van der Waals surface area contributed by atoms with Gasteiger partial charge in [-0.2, -0.15) is 5.10 Å². The molecule has 2 aromatic rings. The van der Waals surface area contributed by atoms with Gasteiger partial charge in [0.2, 0.25) is 0 Å². The second-order valence-corrected chi connectivity index (χ2v) is 6.70. The predicted molar refractivity (Wildman–Crippen MR) is 96.6 cm³/mol. The minimum atomic E-state index is -0.204. The SMILES string of the molecule is O=C(NCCc1cnn(-c2ccccc2)c1)NCC1CCCC(O)C1. The van der Waals surface area contributed by atoms with Crippen molar-refractivity contribution in [1.82, 2.24) is 20.4 Å². The molecule has 1 heterocycles. The predicted octanol–water partition coefficient (Wildman–Crippen LogP) is 2.27. The number of hydrogen-bond donors (Lipinski definition) is 3. The van der Waals surface area contributed by atoms with E-state index in [1.165, 1.54) is 0 Å². The summed E-state index contributed by atoms with van der Waals surface area (Å²) >= 11 is 0. The number of carbonyl (C=O) groups excluding carboxylic acids is 1. The average molecular weight is 342 g/mol. The van der Waals surface area contributed by atoms with Crippen molar-refractivity contribution in [3.63, 3.8) is 0 Å². The highest BCUT2D eigenvalue weighted by molar-refractivity contribution is 5.73. The highest BCUT2D eigenvalue weighted by Crippen LogP contribution is 2.23. The Kier molecular flexibility index (Phi) is 6.06. The largest absolute Gasteiger partial charge is 0.393 e. The van der Waals surface area contributed by atoms with Crippen LogP contribution >= 0.6 is 0 Å². The summed E-state index contributed by atoms with van der Waals surface area (Å²) in [6.45, 7) is 1.20. The molecule has 0 aliphatic heterocycles. The lowest BCUT2D eigenvalue weighted by Crippen LogP contribution is -2.40. The fraction of sp³-hybridized carbons (Fsp3) is 0.474. The number of aliphatic hydroxyl groups is 1. The van der Waals surface area contributed by atoms with Crippen molar-refractivity contribution in [1.29, 1.82) is 0 Å². The molecule has 6 heteroatoms. The van der Waals surface area contributed by atoms with Gasteiger partial charge in [-0.15, -0.1) is 0 Å². The van der Waals surface area contributed by atoms with Crippen molar-refractivity contribution in [2.75, 3.05) is 13.1 Å². The Balaban J connectivity index is 1.36. The summed E-state index contributed by atoms with van der Waals surface area (Å²) in [6.07, 6.45) is 8.15. The Morgan fingerprint density at radius 2 is 2.08 bits per heavy atom. The zero-order chi connectivity index (χ0) is 17.5. The molecular weight excluding hydrogens is 316 g/mol. The molecular formula is C19H26N4O2. The van der Waals surface area contributed by atoms with Crippen molar-refractivity contribution >= 4 is 6.03 Å². The van der Waals surface area contributed by atoms with Crippen LogP contribution in [0.1, 0.15) is 31.2 Å². The summed E-state index contributed by atoms with van der Waals surface area (Å²) in [5.41, 5.74) is 2.11. The molecule has 0 radical (unpaired) electrons. The number of para-hydroxylation sites is 1. The van der Waals surface area contributed by atoms with Gasteiger partial charge in [-0.25, -0.2) is 9.48 Å². The van der Waals surface area contributed by atoms with Gasteiger partial charge in [-0.05, 0) is 49.3 Å². The van der Waals surface area contributed by atoms with Crippen LogP contribution in [-0.2, 0) is 6.42 Å². The van der Waals surface area contributed by atoms with Crippen LogP contribution in [0, 0.1) is 5.92 Å². The maximum absolute atomic E-state index is 11.9. The van der Waals surface area contributed by atoms with Gasteiger partial charge in [0.15, 0.2) is 0 Å². The quantitative estimate of drug-likeness (QED) is 0.753. The molecule has 2 atom stereocenters. The Labute approximate surface area is 148 Å². The summed E-state index contributed by atoms with van der Waals surface area (Å²) in [7, 11) is 0. The number of nitrogens with one attached hydrogen (secondary N) is 2. The smallest absolute Gasteiger partial charge is 0.314 e. The summed E-state index contributed by atoms with van der Waals surface area (Å²) in [5, 5.41) is 19.8. The van der Waals surface area contributed by atoms with Crippen LogP contribution in [0.4, 0.5) is 4.79 Å². The number of rotatable bonds is 6. The molecule has 1 aliphatic rings. The van der Waals surface area contributed by atoms with Crippen LogP contribution in [0.5, 0.6) is 0 Å². The molecule has 1 aromatic carbocycles. The molecule has 0 saturated heterocycles. The molecule has 1 fully saturated rings. The van der Waals surface area contributed by atoms with Crippen LogP contribution in [0.25, 0.3) is 5.69 Å². The highest BCUT2D eigenvalue weighted by atomic mass is 16.3. The van der Waals surface area contributed by atoms with Crippen LogP contribution in [0.2, 0.25) is 0 Å². The van der Waals surface area contributed by atoms with Crippen molar-refractivity contribution in [2.24, 2.45) is 5.92 Å². The number of nitrogens with zero attached hydrogens (tertiary/aromatic N) is 2. The van der Waals surface area contributed by atoms with Crippen molar-refractivity contribution in [3.8, 4) is 5.69 Å². The van der Waals surface area contributed by atoms with Gasteiger partial charge < -0.3 is 15.7 Å². The maximum atomic E-state index is 11.9. The number of urea groups is 1. The van der Waals surface area contributed by atoms with Gasteiger partial charge in [0.25, 0.3) is 0 Å². The number of aromatic nitrogens is 2. The van der Waals surface area contributed by atoms with Gasteiger partial charge in [0.05, 0.1) is 18.0 Å². The molecule has 1 aliphatic carbocycles. The number of amides is 2. The minimum Gasteiger partial charge on any atom is -0.393 e. The van der Waals surface area contributed by atoms with Crippen molar-refractivity contribution in [2.45, 2.75) is 38.2 Å². The molecule has 3 N–H and O–H groups in total. The molecule has 1 aromatic heterocycles. The van der Waals surface area contributed by atoms with E-state index in [0.29, 0.717) is 19.0 Å². The van der Waals surface area contributed by atoms with E-state index in [9.17, 15) is 9.90 Å². The van der Waals surface area contributed by atoms with E-state index in [-0.39, 0.29) is 12.1 Å². The molecule has 0 bridgehead atoms. The van der Waals surface area contributed by atoms with Crippen LogP contribution in [0.3, 0.4) is 0 Å². The van der Waals surface area contributed by atoms with Crippen molar-refractivity contribution < 1.29 is 9.90 Å². The Hall–Kier alpha value is -2.34. The molecule has 134 valence electrons. The Morgan fingerprint density at radius 3 is 2.88 bits per heavy atom. The lowest BCUT2D eigenvalue weighted by Gasteiger charge is -2.25. The Morgan fingerprint density at radius 1 is 1.24 bits per heavy atom. The third kappa shape index (κ3) is 5.32.